The molecule has 4 rings (SSSR count). The van der Waals surface area contributed by atoms with E-state index in [1.807, 2.05) is 6.07 Å². The van der Waals surface area contributed by atoms with Gasteiger partial charge < -0.3 is 20.4 Å². The summed E-state index contributed by atoms with van der Waals surface area (Å²) in [4.78, 5) is 15.6. The van der Waals surface area contributed by atoms with E-state index in [0.717, 1.165) is 37.3 Å². The second-order valence-corrected chi connectivity index (χ2v) is 7.39. The van der Waals surface area contributed by atoms with Gasteiger partial charge in [-0.3, -0.25) is 0 Å². The van der Waals surface area contributed by atoms with E-state index < -0.39 is 0 Å². The molecule has 25 heavy (non-hydrogen) atoms. The predicted octanol–water partition coefficient (Wildman–Crippen LogP) is 3.28. The number of benzene rings is 1. The maximum absolute atomic E-state index is 12.2. The van der Waals surface area contributed by atoms with Crippen molar-refractivity contribution >= 4 is 16.9 Å². The summed E-state index contributed by atoms with van der Waals surface area (Å²) in [6, 6.07) is 8.51. The molecule has 3 N–H and O–H groups in total. The lowest BCUT2D eigenvalue weighted by Gasteiger charge is -2.30. The summed E-state index contributed by atoms with van der Waals surface area (Å²) >= 11 is 0. The molecule has 2 aliphatic rings. The third-order valence-electron chi connectivity index (χ3n) is 5.49. The van der Waals surface area contributed by atoms with Gasteiger partial charge in [-0.25, -0.2) is 4.79 Å². The van der Waals surface area contributed by atoms with Crippen molar-refractivity contribution < 1.29 is 9.53 Å². The first-order chi connectivity index (χ1) is 12.2. The first-order valence-electron chi connectivity index (χ1n) is 9.43. The highest BCUT2D eigenvalue weighted by Gasteiger charge is 2.36. The summed E-state index contributed by atoms with van der Waals surface area (Å²) in [5, 5.41) is 7.39. The van der Waals surface area contributed by atoms with Crippen molar-refractivity contribution in [3.05, 3.63) is 35.5 Å². The van der Waals surface area contributed by atoms with Gasteiger partial charge in [0.05, 0.1) is 6.10 Å². The normalized spacial score (nSPS) is 23.6. The second-order valence-electron chi connectivity index (χ2n) is 7.39. The number of carbonyl (C=O) groups is 1. The van der Waals surface area contributed by atoms with Gasteiger partial charge >= 0.3 is 6.03 Å². The van der Waals surface area contributed by atoms with Crippen molar-refractivity contribution in [1.82, 2.24) is 15.6 Å². The summed E-state index contributed by atoms with van der Waals surface area (Å²) in [5.41, 5.74) is 3.63. The fourth-order valence-electron chi connectivity index (χ4n) is 3.95. The lowest BCUT2D eigenvalue weighted by atomic mass is 10.0. The molecule has 1 aromatic carbocycles. The van der Waals surface area contributed by atoms with Crippen LogP contribution < -0.4 is 10.6 Å². The molecule has 2 fully saturated rings. The third kappa shape index (κ3) is 3.82. The first-order valence-corrected chi connectivity index (χ1v) is 9.43. The Balaban J connectivity index is 1.26. The summed E-state index contributed by atoms with van der Waals surface area (Å²) in [6.45, 7) is 3.50. The van der Waals surface area contributed by atoms with E-state index in [-0.39, 0.29) is 12.1 Å². The van der Waals surface area contributed by atoms with Crippen LogP contribution in [-0.2, 0) is 11.2 Å². The van der Waals surface area contributed by atoms with E-state index in [1.54, 1.807) is 0 Å². The third-order valence-corrected chi connectivity index (χ3v) is 5.49. The first kappa shape index (κ1) is 16.5. The highest BCUT2D eigenvalue weighted by molar-refractivity contribution is 5.84. The van der Waals surface area contributed by atoms with Crippen LogP contribution in [0.4, 0.5) is 4.79 Å². The van der Waals surface area contributed by atoms with Gasteiger partial charge in [-0.2, -0.15) is 0 Å². The quantitative estimate of drug-likeness (QED) is 0.781. The molecule has 5 nitrogen and oxygen atoms in total. The van der Waals surface area contributed by atoms with Crippen LogP contribution in [0.25, 0.3) is 10.9 Å². The maximum atomic E-state index is 12.2. The van der Waals surface area contributed by atoms with Crippen LogP contribution in [-0.4, -0.2) is 36.3 Å². The zero-order chi connectivity index (χ0) is 17.2. The molecule has 1 aliphatic heterocycles. The number of aromatic amines is 1. The Morgan fingerprint density at radius 2 is 2.12 bits per heavy atom. The Morgan fingerprint density at radius 1 is 1.28 bits per heavy atom. The lowest BCUT2D eigenvalue weighted by Crippen LogP contribution is -2.47. The fourth-order valence-corrected chi connectivity index (χ4v) is 3.95. The van der Waals surface area contributed by atoms with Gasteiger partial charge in [0.2, 0.25) is 0 Å². The van der Waals surface area contributed by atoms with Crippen LogP contribution in [0.3, 0.4) is 0 Å². The molecule has 0 unspecified atom stereocenters. The molecule has 134 valence electrons. The summed E-state index contributed by atoms with van der Waals surface area (Å²) < 4.78 is 5.82. The fraction of sp³-hybridized carbons (Fsp3) is 0.550. The molecule has 0 radical (unpaired) electrons. The van der Waals surface area contributed by atoms with Gasteiger partial charge in [0.15, 0.2) is 0 Å². The number of H-pyrrole nitrogens is 1. The number of para-hydroxylation sites is 1. The van der Waals surface area contributed by atoms with Gasteiger partial charge in [-0.05, 0) is 56.6 Å². The largest absolute Gasteiger partial charge is 0.378 e. The average Bonchev–Trinajstić information content (AvgIpc) is 3.40. The van der Waals surface area contributed by atoms with Gasteiger partial charge in [-0.1, -0.05) is 18.2 Å². The minimum atomic E-state index is -0.0565. The average molecular weight is 341 g/mol. The number of fused-ring (bicyclic) bond motifs is 1. The monoisotopic (exact) mass is 341 g/mol. The molecule has 1 saturated carbocycles. The predicted molar refractivity (Wildman–Crippen MR) is 98.8 cm³/mol. The van der Waals surface area contributed by atoms with E-state index in [2.05, 4.69) is 40.7 Å². The molecule has 2 amide bonds. The molecule has 1 aliphatic carbocycles. The number of amides is 2. The number of rotatable bonds is 5. The highest BCUT2D eigenvalue weighted by atomic mass is 16.5. The van der Waals surface area contributed by atoms with Crippen molar-refractivity contribution in [3.8, 4) is 0 Å². The molecule has 1 saturated heterocycles. The van der Waals surface area contributed by atoms with Crippen LogP contribution in [0, 0.1) is 12.8 Å². The standard InChI is InChI=1S/C20H27N3O2/c1-13-16(17-4-2-3-5-18(17)22-13)8-10-21-20(24)23-15-9-11-25-19(12-15)14-6-7-14/h2-5,14-15,19,22H,6-12H2,1H3,(H2,21,23,24)/t15-,19-/m0/s1. The lowest BCUT2D eigenvalue weighted by molar-refractivity contribution is -0.00913. The van der Waals surface area contributed by atoms with E-state index in [9.17, 15) is 4.79 Å². The van der Waals surface area contributed by atoms with Crippen molar-refractivity contribution in [1.29, 1.82) is 0 Å². The molecule has 2 heterocycles. The van der Waals surface area contributed by atoms with E-state index >= 15 is 0 Å². The highest BCUT2D eigenvalue weighted by Crippen LogP contribution is 2.38. The maximum Gasteiger partial charge on any atom is 0.315 e. The molecule has 1 aromatic heterocycles. The number of hydrogen-bond donors (Lipinski definition) is 3. The van der Waals surface area contributed by atoms with Crippen LogP contribution in [0.1, 0.15) is 36.9 Å². The molecular formula is C20H27N3O2. The van der Waals surface area contributed by atoms with Gasteiger partial charge in [0.1, 0.15) is 0 Å². The smallest absolute Gasteiger partial charge is 0.315 e. The van der Waals surface area contributed by atoms with Crippen LogP contribution in [0.15, 0.2) is 24.3 Å². The van der Waals surface area contributed by atoms with E-state index in [1.165, 1.54) is 29.5 Å². The number of ether oxygens (including phenoxy) is 1. The number of hydrogen-bond acceptors (Lipinski definition) is 2. The molecule has 2 aromatic rings. The number of aromatic nitrogens is 1. The van der Waals surface area contributed by atoms with Crippen molar-refractivity contribution in [2.45, 2.75) is 51.2 Å². The second kappa shape index (κ2) is 7.08. The topological polar surface area (TPSA) is 66.2 Å². The Morgan fingerprint density at radius 3 is 2.96 bits per heavy atom. The molecule has 0 spiro atoms. The minimum Gasteiger partial charge on any atom is -0.378 e. The van der Waals surface area contributed by atoms with Crippen LogP contribution >= 0.6 is 0 Å². The van der Waals surface area contributed by atoms with Gasteiger partial charge in [0, 0.05) is 35.8 Å². The van der Waals surface area contributed by atoms with E-state index in [0.29, 0.717) is 12.6 Å². The Bertz CT molecular complexity index is 750. The number of urea groups is 1. The summed E-state index contributed by atoms with van der Waals surface area (Å²) in [5.74, 6) is 0.734. The molecular weight excluding hydrogens is 314 g/mol. The number of nitrogens with one attached hydrogen (secondary N) is 3. The zero-order valence-corrected chi connectivity index (χ0v) is 14.8. The zero-order valence-electron chi connectivity index (χ0n) is 14.8. The Kier molecular flexibility index (Phi) is 4.66. The minimum absolute atomic E-state index is 0.0565. The van der Waals surface area contributed by atoms with Gasteiger partial charge in [0.25, 0.3) is 0 Å². The summed E-state index contributed by atoms with van der Waals surface area (Å²) in [7, 11) is 0. The molecule has 0 bridgehead atoms. The Labute approximate surface area is 148 Å². The molecule has 5 heteroatoms. The van der Waals surface area contributed by atoms with Crippen LogP contribution in [0.2, 0.25) is 0 Å². The Hall–Kier alpha value is -2.01. The van der Waals surface area contributed by atoms with E-state index in [4.69, 9.17) is 4.74 Å². The number of aryl methyl sites for hydroxylation is 1. The number of carbonyl (C=O) groups excluding carboxylic acids is 1. The summed E-state index contributed by atoms with van der Waals surface area (Å²) in [6.07, 6.45) is 5.63. The SMILES string of the molecule is Cc1[nH]c2ccccc2c1CCNC(=O)N[C@H]1CCO[C@H](C2CC2)C1. The van der Waals surface area contributed by atoms with Crippen LogP contribution in [0.5, 0.6) is 0 Å². The molecule has 2 atom stereocenters. The van der Waals surface area contributed by atoms with Crippen molar-refractivity contribution in [2.24, 2.45) is 5.92 Å². The van der Waals surface area contributed by atoms with Crippen molar-refractivity contribution in [3.63, 3.8) is 0 Å². The van der Waals surface area contributed by atoms with Crippen molar-refractivity contribution in [2.75, 3.05) is 13.2 Å². The van der Waals surface area contributed by atoms with Gasteiger partial charge in [-0.15, -0.1) is 0 Å².